The summed E-state index contributed by atoms with van der Waals surface area (Å²) < 4.78 is 19.1. The highest BCUT2D eigenvalue weighted by Crippen LogP contribution is 2.22. The molecular formula is C14H18BrFN2O2. The van der Waals surface area contributed by atoms with E-state index in [1.165, 1.54) is 6.07 Å². The lowest BCUT2D eigenvalue weighted by Gasteiger charge is -2.40. The first-order chi connectivity index (χ1) is 9.24. The van der Waals surface area contributed by atoms with Crippen molar-refractivity contribution in [3.8, 4) is 0 Å². The second-order valence-electron chi connectivity index (χ2n) is 5.86. The first-order valence-corrected chi connectivity index (χ1v) is 7.23. The molecule has 0 aliphatic carbocycles. The van der Waals surface area contributed by atoms with E-state index in [1.807, 2.05) is 20.8 Å². The normalized spacial score (nSPS) is 15.8. The molecule has 1 heterocycles. The van der Waals surface area contributed by atoms with Crippen LogP contribution in [-0.2, 0) is 4.74 Å². The maximum absolute atomic E-state index is 13.4. The molecule has 1 aromatic carbocycles. The van der Waals surface area contributed by atoms with Crippen molar-refractivity contribution in [1.82, 2.24) is 4.90 Å². The Morgan fingerprint density at radius 3 is 2.65 bits per heavy atom. The number of carbonyl (C=O) groups is 1. The average Bonchev–Trinajstić information content (AvgIpc) is 2.25. The van der Waals surface area contributed by atoms with Crippen LogP contribution in [0.1, 0.15) is 20.8 Å². The van der Waals surface area contributed by atoms with Crippen molar-refractivity contribution in [3.63, 3.8) is 0 Å². The van der Waals surface area contributed by atoms with Crippen LogP contribution in [-0.4, -0.2) is 35.7 Å². The number of ether oxygens (including phenoxy) is 1. The van der Waals surface area contributed by atoms with Gasteiger partial charge in [0.25, 0.3) is 0 Å². The molecule has 0 aromatic heterocycles. The summed E-state index contributed by atoms with van der Waals surface area (Å²) in [5.41, 5.74) is 0.226. The predicted octanol–water partition coefficient (Wildman–Crippen LogP) is 3.62. The van der Waals surface area contributed by atoms with Gasteiger partial charge in [0.05, 0.1) is 10.5 Å². The van der Waals surface area contributed by atoms with Gasteiger partial charge in [-0.2, -0.15) is 0 Å². The number of nitrogens with zero attached hydrogens (tertiary/aromatic N) is 1. The molecule has 0 bridgehead atoms. The van der Waals surface area contributed by atoms with Crippen LogP contribution in [0.4, 0.5) is 14.9 Å². The molecule has 20 heavy (non-hydrogen) atoms. The monoisotopic (exact) mass is 344 g/mol. The highest BCUT2D eigenvalue weighted by atomic mass is 79.9. The van der Waals surface area contributed by atoms with Gasteiger partial charge in [-0.25, -0.2) is 9.18 Å². The summed E-state index contributed by atoms with van der Waals surface area (Å²) in [5.74, 6) is -0.307. The van der Waals surface area contributed by atoms with Crippen LogP contribution in [0, 0.1) is 5.82 Å². The van der Waals surface area contributed by atoms with E-state index in [2.05, 4.69) is 21.2 Å². The molecule has 4 nitrogen and oxygen atoms in total. The summed E-state index contributed by atoms with van der Waals surface area (Å²) >= 11 is 3.11. The number of halogens is 2. The Balaban J connectivity index is 1.82. The molecule has 1 aliphatic heterocycles. The van der Waals surface area contributed by atoms with Gasteiger partial charge in [-0.3, -0.25) is 0 Å². The van der Waals surface area contributed by atoms with Crippen LogP contribution in [0.5, 0.6) is 0 Å². The van der Waals surface area contributed by atoms with Crippen LogP contribution in [0.25, 0.3) is 0 Å². The molecule has 110 valence electrons. The van der Waals surface area contributed by atoms with Gasteiger partial charge >= 0.3 is 6.09 Å². The number of anilines is 1. The summed E-state index contributed by atoms with van der Waals surface area (Å²) in [6.07, 6.45) is -0.308. The minimum absolute atomic E-state index is 0.128. The van der Waals surface area contributed by atoms with Crippen molar-refractivity contribution in [2.45, 2.75) is 32.4 Å². The van der Waals surface area contributed by atoms with E-state index >= 15 is 0 Å². The van der Waals surface area contributed by atoms with Gasteiger partial charge in [-0.15, -0.1) is 0 Å². The van der Waals surface area contributed by atoms with Crippen molar-refractivity contribution in [3.05, 3.63) is 28.5 Å². The molecule has 0 saturated carbocycles. The van der Waals surface area contributed by atoms with Crippen LogP contribution in [0.2, 0.25) is 0 Å². The van der Waals surface area contributed by atoms with Gasteiger partial charge in [0, 0.05) is 18.8 Å². The van der Waals surface area contributed by atoms with Crippen LogP contribution >= 0.6 is 15.9 Å². The third-order valence-electron chi connectivity index (χ3n) is 2.82. The zero-order valence-electron chi connectivity index (χ0n) is 11.7. The minimum Gasteiger partial charge on any atom is -0.444 e. The maximum atomic E-state index is 13.4. The fraction of sp³-hybridized carbons (Fsp3) is 0.500. The smallest absolute Gasteiger partial charge is 0.410 e. The van der Waals surface area contributed by atoms with Gasteiger partial charge in [0.1, 0.15) is 11.4 Å². The summed E-state index contributed by atoms with van der Waals surface area (Å²) in [4.78, 5) is 13.4. The first-order valence-electron chi connectivity index (χ1n) is 6.44. The minimum atomic E-state index is -0.482. The van der Waals surface area contributed by atoms with Gasteiger partial charge < -0.3 is 15.0 Å². The van der Waals surface area contributed by atoms with Gasteiger partial charge in [0.2, 0.25) is 0 Å². The lowest BCUT2D eigenvalue weighted by atomic mass is 10.1. The Hall–Kier alpha value is -1.30. The second-order valence-corrected chi connectivity index (χ2v) is 6.71. The number of benzene rings is 1. The van der Waals surface area contributed by atoms with E-state index in [9.17, 15) is 9.18 Å². The van der Waals surface area contributed by atoms with E-state index in [0.717, 1.165) is 0 Å². The number of nitrogens with one attached hydrogen (secondary N) is 1. The second kappa shape index (κ2) is 5.60. The molecule has 1 amide bonds. The quantitative estimate of drug-likeness (QED) is 0.890. The van der Waals surface area contributed by atoms with E-state index in [1.54, 1.807) is 17.0 Å². The Kier molecular flexibility index (Phi) is 4.22. The standard InChI is InChI=1S/C14H18BrFN2O2/c1-14(2,3)20-13(19)18-7-10(8-18)17-9-4-5-11(15)12(16)6-9/h4-6,10,17H,7-8H2,1-3H3. The molecule has 1 aromatic rings. The molecule has 1 fully saturated rings. The van der Waals surface area contributed by atoms with Crippen molar-refractivity contribution in [2.24, 2.45) is 0 Å². The number of hydrogen-bond donors (Lipinski definition) is 1. The van der Waals surface area contributed by atoms with Crippen molar-refractivity contribution in [2.75, 3.05) is 18.4 Å². The maximum Gasteiger partial charge on any atom is 0.410 e. The van der Waals surface area contributed by atoms with Crippen LogP contribution in [0.3, 0.4) is 0 Å². The number of hydrogen-bond acceptors (Lipinski definition) is 3. The lowest BCUT2D eigenvalue weighted by molar-refractivity contribution is 0.0105. The highest BCUT2D eigenvalue weighted by Gasteiger charge is 2.33. The summed E-state index contributed by atoms with van der Waals surface area (Å²) in [6, 6.07) is 5.01. The molecule has 1 N–H and O–H groups in total. The fourth-order valence-corrected chi connectivity index (χ4v) is 2.11. The Bertz CT molecular complexity index is 510. The molecule has 0 radical (unpaired) electrons. The van der Waals surface area contributed by atoms with E-state index in [4.69, 9.17) is 4.74 Å². The molecule has 1 saturated heterocycles. The molecule has 1 aliphatic rings. The van der Waals surface area contributed by atoms with E-state index in [0.29, 0.717) is 23.2 Å². The Morgan fingerprint density at radius 2 is 2.10 bits per heavy atom. The molecular weight excluding hydrogens is 327 g/mol. The topological polar surface area (TPSA) is 41.6 Å². The van der Waals surface area contributed by atoms with Crippen molar-refractivity contribution >= 4 is 27.7 Å². The van der Waals surface area contributed by atoms with Crippen molar-refractivity contribution in [1.29, 1.82) is 0 Å². The third kappa shape index (κ3) is 3.85. The SMILES string of the molecule is CC(C)(C)OC(=O)N1CC(Nc2ccc(Br)c(F)c2)C1. The first kappa shape index (κ1) is 15.1. The van der Waals surface area contributed by atoms with Crippen LogP contribution in [0.15, 0.2) is 22.7 Å². The molecule has 6 heteroatoms. The Labute approximate surface area is 126 Å². The predicted molar refractivity (Wildman–Crippen MR) is 79.3 cm³/mol. The number of likely N-dealkylation sites (tertiary alicyclic amines) is 1. The fourth-order valence-electron chi connectivity index (χ4n) is 1.87. The largest absolute Gasteiger partial charge is 0.444 e. The van der Waals surface area contributed by atoms with Crippen molar-refractivity contribution < 1.29 is 13.9 Å². The van der Waals surface area contributed by atoms with Gasteiger partial charge in [0.15, 0.2) is 0 Å². The zero-order chi connectivity index (χ0) is 14.9. The molecule has 2 rings (SSSR count). The number of rotatable bonds is 2. The number of amides is 1. The summed E-state index contributed by atoms with van der Waals surface area (Å²) in [5, 5.41) is 3.18. The number of carbonyl (C=O) groups excluding carboxylic acids is 1. The average molecular weight is 345 g/mol. The molecule has 0 unspecified atom stereocenters. The van der Waals surface area contributed by atoms with Gasteiger partial charge in [-0.1, -0.05) is 0 Å². The summed E-state index contributed by atoms with van der Waals surface area (Å²) in [6.45, 7) is 6.64. The molecule has 0 atom stereocenters. The highest BCUT2D eigenvalue weighted by molar-refractivity contribution is 9.10. The summed E-state index contributed by atoms with van der Waals surface area (Å²) in [7, 11) is 0. The van der Waals surface area contributed by atoms with E-state index < -0.39 is 5.60 Å². The van der Waals surface area contributed by atoms with Crippen LogP contribution < -0.4 is 5.32 Å². The molecule has 0 spiro atoms. The third-order valence-corrected chi connectivity index (χ3v) is 3.47. The zero-order valence-corrected chi connectivity index (χ0v) is 13.3. The van der Waals surface area contributed by atoms with E-state index in [-0.39, 0.29) is 18.0 Å². The lowest BCUT2D eigenvalue weighted by Crippen LogP contribution is -2.57. The van der Waals surface area contributed by atoms with Gasteiger partial charge in [-0.05, 0) is 54.9 Å². The Morgan fingerprint density at radius 1 is 1.45 bits per heavy atom.